The fourth-order valence-corrected chi connectivity index (χ4v) is 1.46. The zero-order valence-corrected chi connectivity index (χ0v) is 9.15. The SMILES string of the molecule is O=C(O)c1cc(F)cc(-n2cnc(C(F)(F)F)c2)c1. The van der Waals surface area contributed by atoms with Crippen LogP contribution in [0.4, 0.5) is 17.6 Å². The number of alkyl halides is 3. The van der Waals surface area contributed by atoms with Crippen molar-refractivity contribution in [1.29, 1.82) is 0 Å². The van der Waals surface area contributed by atoms with Gasteiger partial charge in [0.15, 0.2) is 5.69 Å². The summed E-state index contributed by atoms with van der Waals surface area (Å²) in [5, 5.41) is 8.74. The molecule has 2 rings (SSSR count). The third-order valence-corrected chi connectivity index (χ3v) is 2.30. The van der Waals surface area contributed by atoms with Gasteiger partial charge in [-0.25, -0.2) is 14.2 Å². The number of halogens is 4. The predicted octanol–water partition coefficient (Wildman–Crippen LogP) is 2.73. The van der Waals surface area contributed by atoms with Gasteiger partial charge in [0, 0.05) is 6.20 Å². The summed E-state index contributed by atoms with van der Waals surface area (Å²) in [7, 11) is 0. The van der Waals surface area contributed by atoms with E-state index in [4.69, 9.17) is 5.11 Å². The van der Waals surface area contributed by atoms with Crippen molar-refractivity contribution in [3.05, 3.63) is 47.8 Å². The molecule has 0 spiro atoms. The first-order chi connectivity index (χ1) is 8.77. The van der Waals surface area contributed by atoms with E-state index in [2.05, 4.69) is 4.98 Å². The highest BCUT2D eigenvalue weighted by Gasteiger charge is 2.33. The van der Waals surface area contributed by atoms with Crippen molar-refractivity contribution in [3.63, 3.8) is 0 Å². The summed E-state index contributed by atoms with van der Waals surface area (Å²) in [6, 6.07) is 2.73. The Kier molecular flexibility index (Phi) is 3.01. The van der Waals surface area contributed by atoms with Gasteiger partial charge >= 0.3 is 12.1 Å². The van der Waals surface area contributed by atoms with Crippen LogP contribution < -0.4 is 0 Å². The van der Waals surface area contributed by atoms with E-state index in [0.717, 1.165) is 29.1 Å². The van der Waals surface area contributed by atoms with Gasteiger partial charge in [-0.2, -0.15) is 13.2 Å². The Hall–Kier alpha value is -2.38. The lowest BCUT2D eigenvalue weighted by atomic mass is 10.2. The Labute approximate surface area is 103 Å². The summed E-state index contributed by atoms with van der Waals surface area (Å²) in [5.74, 6) is -2.24. The smallest absolute Gasteiger partial charge is 0.434 e. The van der Waals surface area contributed by atoms with Crippen molar-refractivity contribution in [3.8, 4) is 5.69 Å². The van der Waals surface area contributed by atoms with Crippen molar-refractivity contribution in [2.24, 2.45) is 0 Å². The molecule has 2 aromatic rings. The van der Waals surface area contributed by atoms with Crippen molar-refractivity contribution in [2.45, 2.75) is 6.18 Å². The molecule has 8 heteroatoms. The van der Waals surface area contributed by atoms with E-state index >= 15 is 0 Å². The topological polar surface area (TPSA) is 55.1 Å². The average molecular weight is 274 g/mol. The molecule has 1 N–H and O–H groups in total. The molecule has 0 fully saturated rings. The predicted molar refractivity (Wildman–Crippen MR) is 55.5 cm³/mol. The van der Waals surface area contributed by atoms with E-state index < -0.39 is 23.7 Å². The van der Waals surface area contributed by atoms with Crippen LogP contribution in [0.5, 0.6) is 0 Å². The first kappa shape index (κ1) is 13.1. The van der Waals surface area contributed by atoms with Crippen LogP contribution in [0.3, 0.4) is 0 Å². The average Bonchev–Trinajstić information content (AvgIpc) is 2.76. The second kappa shape index (κ2) is 4.38. The molecule has 100 valence electrons. The van der Waals surface area contributed by atoms with Crippen LogP contribution >= 0.6 is 0 Å². The largest absolute Gasteiger partial charge is 0.478 e. The van der Waals surface area contributed by atoms with Crippen LogP contribution in [0, 0.1) is 5.82 Å². The lowest BCUT2D eigenvalue weighted by Crippen LogP contribution is -2.05. The molecule has 0 aliphatic carbocycles. The van der Waals surface area contributed by atoms with Crippen LogP contribution in [-0.2, 0) is 6.18 Å². The molecular formula is C11H6F4N2O2. The summed E-state index contributed by atoms with van der Waals surface area (Å²) in [6.07, 6.45) is -3.13. The molecule has 0 unspecified atom stereocenters. The number of carbonyl (C=O) groups is 1. The van der Waals surface area contributed by atoms with Gasteiger partial charge in [0.05, 0.1) is 17.6 Å². The normalized spacial score (nSPS) is 11.6. The number of hydrogen-bond donors (Lipinski definition) is 1. The molecule has 0 amide bonds. The molecule has 1 aromatic heterocycles. The van der Waals surface area contributed by atoms with E-state index in [1.165, 1.54) is 0 Å². The molecule has 19 heavy (non-hydrogen) atoms. The number of aromatic carboxylic acids is 1. The molecular weight excluding hydrogens is 268 g/mol. The highest BCUT2D eigenvalue weighted by Crippen LogP contribution is 2.28. The molecule has 0 atom stereocenters. The summed E-state index contributed by atoms with van der Waals surface area (Å²) < 4.78 is 51.2. The first-order valence-corrected chi connectivity index (χ1v) is 4.93. The number of imidazole rings is 1. The lowest BCUT2D eigenvalue weighted by Gasteiger charge is -2.04. The fraction of sp³-hybridized carbons (Fsp3) is 0.0909. The van der Waals surface area contributed by atoms with E-state index in [1.54, 1.807) is 0 Å². The Balaban J connectivity index is 2.47. The Morgan fingerprint density at radius 2 is 1.95 bits per heavy atom. The molecule has 0 saturated heterocycles. The van der Waals surface area contributed by atoms with E-state index in [-0.39, 0.29) is 11.3 Å². The number of nitrogens with zero attached hydrogens (tertiary/aromatic N) is 2. The molecule has 1 heterocycles. The number of carboxylic acid groups (broad SMARTS) is 1. The van der Waals surface area contributed by atoms with E-state index in [9.17, 15) is 22.4 Å². The molecule has 4 nitrogen and oxygen atoms in total. The Bertz CT molecular complexity index is 634. The van der Waals surface area contributed by atoms with Gasteiger partial charge < -0.3 is 9.67 Å². The van der Waals surface area contributed by atoms with Gasteiger partial charge in [0.2, 0.25) is 0 Å². The molecule has 0 saturated carbocycles. The van der Waals surface area contributed by atoms with Crippen molar-refractivity contribution in [1.82, 2.24) is 9.55 Å². The number of rotatable bonds is 2. The number of benzene rings is 1. The van der Waals surface area contributed by atoms with Crippen LogP contribution in [0.1, 0.15) is 16.1 Å². The molecule has 0 aliphatic heterocycles. The van der Waals surface area contributed by atoms with Gasteiger partial charge in [0.1, 0.15) is 5.82 Å². The van der Waals surface area contributed by atoms with Crippen LogP contribution in [0.2, 0.25) is 0 Å². The van der Waals surface area contributed by atoms with Crippen LogP contribution in [0.15, 0.2) is 30.7 Å². The molecule has 0 radical (unpaired) electrons. The van der Waals surface area contributed by atoms with Gasteiger partial charge in [-0.15, -0.1) is 0 Å². The van der Waals surface area contributed by atoms with Crippen molar-refractivity contribution in [2.75, 3.05) is 0 Å². The summed E-state index contributed by atoms with van der Waals surface area (Å²) in [5.41, 5.74) is -1.56. The maximum atomic E-state index is 13.2. The quantitative estimate of drug-likeness (QED) is 0.857. The zero-order chi connectivity index (χ0) is 14.2. The highest BCUT2D eigenvalue weighted by molar-refractivity contribution is 5.88. The summed E-state index contributed by atoms with van der Waals surface area (Å²) in [6.45, 7) is 0. The number of carboxylic acids is 1. The maximum absolute atomic E-state index is 13.2. The van der Waals surface area contributed by atoms with E-state index in [1.807, 2.05) is 0 Å². The first-order valence-electron chi connectivity index (χ1n) is 4.93. The number of hydrogen-bond acceptors (Lipinski definition) is 2. The van der Waals surface area contributed by atoms with Gasteiger partial charge in [0.25, 0.3) is 0 Å². The van der Waals surface area contributed by atoms with Crippen LogP contribution in [0.25, 0.3) is 5.69 Å². The summed E-state index contributed by atoms with van der Waals surface area (Å²) >= 11 is 0. The molecule has 0 bridgehead atoms. The van der Waals surface area contributed by atoms with Gasteiger partial charge in [-0.3, -0.25) is 0 Å². The monoisotopic (exact) mass is 274 g/mol. The molecule has 1 aromatic carbocycles. The zero-order valence-electron chi connectivity index (χ0n) is 9.15. The summed E-state index contributed by atoms with van der Waals surface area (Å²) in [4.78, 5) is 13.9. The highest BCUT2D eigenvalue weighted by atomic mass is 19.4. The van der Waals surface area contributed by atoms with Gasteiger partial charge in [-0.05, 0) is 18.2 Å². The third-order valence-electron chi connectivity index (χ3n) is 2.30. The second-order valence-corrected chi connectivity index (χ2v) is 3.67. The maximum Gasteiger partial charge on any atom is 0.434 e. The van der Waals surface area contributed by atoms with Crippen molar-refractivity contribution < 1.29 is 27.5 Å². The van der Waals surface area contributed by atoms with E-state index in [0.29, 0.717) is 6.20 Å². The lowest BCUT2D eigenvalue weighted by molar-refractivity contribution is -0.140. The second-order valence-electron chi connectivity index (χ2n) is 3.67. The Morgan fingerprint density at radius 1 is 1.26 bits per heavy atom. The minimum absolute atomic E-state index is 0.0552. The number of aromatic nitrogens is 2. The Morgan fingerprint density at radius 3 is 2.47 bits per heavy atom. The standard InChI is InChI=1S/C11H6F4N2O2/c12-7-1-6(10(18)19)2-8(3-7)17-4-9(16-5-17)11(13,14)15/h1-5H,(H,18,19). The molecule has 0 aliphatic rings. The third kappa shape index (κ3) is 2.72. The van der Waals surface area contributed by atoms with Crippen LogP contribution in [-0.4, -0.2) is 20.6 Å². The minimum atomic E-state index is -4.62. The van der Waals surface area contributed by atoms with Crippen molar-refractivity contribution >= 4 is 5.97 Å². The fourth-order valence-electron chi connectivity index (χ4n) is 1.46. The van der Waals surface area contributed by atoms with Gasteiger partial charge in [-0.1, -0.05) is 0 Å². The minimum Gasteiger partial charge on any atom is -0.478 e.